The normalized spacial score (nSPS) is 13.1. The van der Waals surface area contributed by atoms with E-state index < -0.39 is 0 Å². The molecule has 8 rings (SSSR count). The number of H-pyrrole nitrogens is 2. The van der Waals surface area contributed by atoms with Crippen LogP contribution < -0.4 is 0 Å². The van der Waals surface area contributed by atoms with Crippen LogP contribution in [0.1, 0.15) is 22.8 Å². The van der Waals surface area contributed by atoms with Crippen molar-refractivity contribution in [3.8, 4) is 22.3 Å². The summed E-state index contributed by atoms with van der Waals surface area (Å²) in [5, 5.41) is 12.7. The molecule has 6 heteroatoms. The molecular weight excluding hydrogens is 444 g/mol. The molecule has 3 aromatic heterocycles. The van der Waals surface area contributed by atoms with Crippen molar-refractivity contribution >= 4 is 43.6 Å². The summed E-state index contributed by atoms with van der Waals surface area (Å²) in [6.45, 7) is 4.01. The minimum Gasteiger partial charge on any atom is -0.342 e. The molecule has 0 saturated heterocycles. The van der Waals surface area contributed by atoms with Crippen LogP contribution in [0.15, 0.2) is 60.9 Å². The molecular formula is C30H22N6. The molecule has 7 aromatic rings. The molecule has 0 radical (unpaired) electrons. The highest BCUT2D eigenvalue weighted by Crippen LogP contribution is 2.40. The fourth-order valence-electron chi connectivity index (χ4n) is 6.03. The standard InChI is InChI=1S/C30H22N6/c1-15-33-27-10-9-21-20-6-3-17(11-19(20)5-8-22(21)28(27)34-15)18-4-7-23-24(12-18)25-13-31-32-14-26(25)30-29(23)35-16(2)36-30/h3-4,6-7,9-14H,5,8H2,1-2H3,(H,33,34)(H,35,36). The van der Waals surface area contributed by atoms with Crippen molar-refractivity contribution in [3.05, 3.63) is 83.7 Å². The number of nitrogens with zero attached hydrogens (tertiary/aromatic N) is 4. The zero-order chi connectivity index (χ0) is 24.0. The Kier molecular flexibility index (Phi) is 3.82. The van der Waals surface area contributed by atoms with Gasteiger partial charge >= 0.3 is 0 Å². The van der Waals surface area contributed by atoms with Crippen molar-refractivity contribution in [1.82, 2.24) is 30.1 Å². The van der Waals surface area contributed by atoms with E-state index in [0.717, 1.165) is 68.1 Å². The molecule has 4 aromatic carbocycles. The number of aromatic nitrogens is 6. The zero-order valence-electron chi connectivity index (χ0n) is 20.0. The third kappa shape index (κ3) is 2.67. The molecule has 172 valence electrons. The van der Waals surface area contributed by atoms with E-state index in [2.05, 4.69) is 68.7 Å². The minimum absolute atomic E-state index is 0.900. The van der Waals surface area contributed by atoms with Crippen molar-refractivity contribution in [2.24, 2.45) is 0 Å². The largest absolute Gasteiger partial charge is 0.342 e. The van der Waals surface area contributed by atoms with Crippen molar-refractivity contribution in [3.63, 3.8) is 0 Å². The number of rotatable bonds is 1. The number of hydrogen-bond donors (Lipinski definition) is 2. The lowest BCUT2D eigenvalue weighted by atomic mass is 9.83. The fourth-order valence-corrected chi connectivity index (χ4v) is 6.03. The summed E-state index contributed by atoms with van der Waals surface area (Å²) in [4.78, 5) is 16.3. The molecule has 0 unspecified atom stereocenters. The first-order chi connectivity index (χ1) is 17.6. The smallest absolute Gasteiger partial charge is 0.104 e. The highest BCUT2D eigenvalue weighted by molar-refractivity contribution is 6.23. The summed E-state index contributed by atoms with van der Waals surface area (Å²) in [5.41, 5.74) is 12.0. The second kappa shape index (κ2) is 6.98. The van der Waals surface area contributed by atoms with Gasteiger partial charge in [0.15, 0.2) is 0 Å². The highest BCUT2D eigenvalue weighted by atomic mass is 15.1. The van der Waals surface area contributed by atoms with Gasteiger partial charge in [-0.3, -0.25) is 0 Å². The predicted molar refractivity (Wildman–Crippen MR) is 144 cm³/mol. The van der Waals surface area contributed by atoms with Gasteiger partial charge in [-0.2, -0.15) is 10.2 Å². The molecule has 0 saturated carbocycles. The van der Waals surface area contributed by atoms with Gasteiger partial charge in [-0.05, 0) is 77.6 Å². The van der Waals surface area contributed by atoms with Crippen molar-refractivity contribution in [1.29, 1.82) is 0 Å². The minimum atomic E-state index is 0.900. The Labute approximate surface area is 206 Å². The molecule has 3 heterocycles. The van der Waals surface area contributed by atoms with Gasteiger partial charge in [-0.15, -0.1) is 0 Å². The Morgan fingerprint density at radius 3 is 2.31 bits per heavy atom. The van der Waals surface area contributed by atoms with Gasteiger partial charge < -0.3 is 9.97 Å². The van der Waals surface area contributed by atoms with Crippen LogP contribution >= 0.6 is 0 Å². The second-order valence-corrected chi connectivity index (χ2v) is 9.80. The average molecular weight is 467 g/mol. The maximum Gasteiger partial charge on any atom is 0.104 e. The summed E-state index contributed by atoms with van der Waals surface area (Å²) in [7, 11) is 0. The van der Waals surface area contributed by atoms with Gasteiger partial charge in [0.05, 0.1) is 34.5 Å². The van der Waals surface area contributed by atoms with Gasteiger partial charge in [-0.25, -0.2) is 9.97 Å². The third-order valence-corrected chi connectivity index (χ3v) is 7.64. The number of fused-ring (bicyclic) bond motifs is 11. The maximum atomic E-state index is 4.77. The van der Waals surface area contributed by atoms with Crippen LogP contribution in [0.5, 0.6) is 0 Å². The summed E-state index contributed by atoms with van der Waals surface area (Å²) < 4.78 is 0. The topological polar surface area (TPSA) is 83.1 Å². The second-order valence-electron chi connectivity index (χ2n) is 9.80. The Bertz CT molecular complexity index is 2030. The molecule has 1 aliphatic carbocycles. The molecule has 2 N–H and O–H groups in total. The van der Waals surface area contributed by atoms with E-state index in [1.165, 1.54) is 33.4 Å². The molecule has 0 atom stereocenters. The van der Waals surface area contributed by atoms with Gasteiger partial charge in [0.1, 0.15) is 11.6 Å². The lowest BCUT2D eigenvalue weighted by Gasteiger charge is -2.21. The van der Waals surface area contributed by atoms with Crippen LogP contribution in [-0.4, -0.2) is 30.1 Å². The predicted octanol–water partition coefficient (Wildman–Crippen LogP) is 6.59. The Balaban J connectivity index is 1.31. The van der Waals surface area contributed by atoms with E-state index in [4.69, 9.17) is 9.97 Å². The van der Waals surface area contributed by atoms with Crippen LogP contribution in [0.2, 0.25) is 0 Å². The van der Waals surface area contributed by atoms with E-state index in [-0.39, 0.29) is 0 Å². The monoisotopic (exact) mass is 466 g/mol. The lowest BCUT2D eigenvalue weighted by Crippen LogP contribution is -2.05. The number of nitrogens with one attached hydrogen (secondary N) is 2. The van der Waals surface area contributed by atoms with E-state index >= 15 is 0 Å². The zero-order valence-corrected chi connectivity index (χ0v) is 20.0. The Morgan fingerprint density at radius 1 is 0.639 bits per heavy atom. The highest BCUT2D eigenvalue weighted by Gasteiger charge is 2.21. The van der Waals surface area contributed by atoms with Crippen molar-refractivity contribution < 1.29 is 0 Å². The number of benzene rings is 4. The van der Waals surface area contributed by atoms with E-state index in [9.17, 15) is 0 Å². The maximum absolute atomic E-state index is 4.77. The SMILES string of the molecule is Cc1nc2c3c(ccc2[nH]1)-c1ccc(-c2ccc4c(c2)c2cnncc2c2nc(C)[nH]c42)cc1CC3. The summed E-state index contributed by atoms with van der Waals surface area (Å²) >= 11 is 0. The van der Waals surface area contributed by atoms with Crippen LogP contribution in [0.4, 0.5) is 0 Å². The van der Waals surface area contributed by atoms with Gasteiger partial charge in [0.2, 0.25) is 0 Å². The molecule has 0 amide bonds. The molecule has 0 fully saturated rings. The molecule has 0 aliphatic heterocycles. The first kappa shape index (κ1) is 19.7. The summed E-state index contributed by atoms with van der Waals surface area (Å²) in [6.07, 6.45) is 5.69. The number of aromatic amines is 2. The van der Waals surface area contributed by atoms with E-state index in [1.807, 2.05) is 26.2 Å². The molecule has 6 nitrogen and oxygen atoms in total. The van der Waals surface area contributed by atoms with E-state index in [1.54, 1.807) is 0 Å². The summed E-state index contributed by atoms with van der Waals surface area (Å²) in [5.74, 6) is 1.87. The average Bonchev–Trinajstić information content (AvgIpc) is 3.49. The van der Waals surface area contributed by atoms with E-state index in [0.29, 0.717) is 0 Å². The quantitative estimate of drug-likeness (QED) is 0.268. The Hall–Kier alpha value is -4.58. The number of aryl methyl sites for hydroxylation is 4. The molecule has 0 bridgehead atoms. The first-order valence-electron chi connectivity index (χ1n) is 12.3. The molecule has 0 spiro atoms. The van der Waals surface area contributed by atoms with Crippen molar-refractivity contribution in [2.45, 2.75) is 26.7 Å². The van der Waals surface area contributed by atoms with Crippen molar-refractivity contribution in [2.75, 3.05) is 0 Å². The van der Waals surface area contributed by atoms with Gasteiger partial charge in [0, 0.05) is 16.2 Å². The van der Waals surface area contributed by atoms with Crippen LogP contribution in [-0.2, 0) is 12.8 Å². The van der Waals surface area contributed by atoms with Crippen LogP contribution in [0.25, 0.3) is 65.9 Å². The van der Waals surface area contributed by atoms with Gasteiger partial charge in [0.25, 0.3) is 0 Å². The van der Waals surface area contributed by atoms with Crippen LogP contribution in [0.3, 0.4) is 0 Å². The molecule has 1 aliphatic rings. The Morgan fingerprint density at radius 2 is 1.39 bits per heavy atom. The number of imidazole rings is 2. The van der Waals surface area contributed by atoms with Gasteiger partial charge in [-0.1, -0.05) is 36.4 Å². The number of hydrogen-bond acceptors (Lipinski definition) is 4. The lowest BCUT2D eigenvalue weighted by molar-refractivity contribution is 0.948. The van der Waals surface area contributed by atoms with Crippen LogP contribution in [0, 0.1) is 13.8 Å². The summed E-state index contributed by atoms with van der Waals surface area (Å²) in [6, 6.07) is 18.0. The fraction of sp³-hybridized carbons (Fsp3) is 0.133. The third-order valence-electron chi connectivity index (χ3n) is 7.64. The first-order valence-corrected chi connectivity index (χ1v) is 12.3. The molecule has 36 heavy (non-hydrogen) atoms.